The second kappa shape index (κ2) is 13.4. The Morgan fingerprint density at radius 2 is 1.23 bits per heavy atom. The molecule has 0 bridgehead atoms. The molecular formula is C35H37N3O2. The lowest BCUT2D eigenvalue weighted by Crippen LogP contribution is -2.24. The number of hydrogen-bond acceptors (Lipinski definition) is 4. The number of benzene rings is 4. The summed E-state index contributed by atoms with van der Waals surface area (Å²) in [5, 5.41) is 19.1. The molecule has 0 atom stereocenters. The number of aliphatic hydroxyl groups is 2. The second-order valence-electron chi connectivity index (χ2n) is 10.2. The molecule has 5 rings (SSSR count). The van der Waals surface area contributed by atoms with Gasteiger partial charge in [-0.15, -0.1) is 0 Å². The first-order valence-electron chi connectivity index (χ1n) is 14.0. The lowest BCUT2D eigenvalue weighted by molar-refractivity contribution is -0.0424. The third-order valence-electron chi connectivity index (χ3n) is 7.19. The monoisotopic (exact) mass is 531 g/mol. The van der Waals surface area contributed by atoms with Crippen LogP contribution in [0.2, 0.25) is 0 Å². The van der Waals surface area contributed by atoms with Gasteiger partial charge in [0.05, 0.1) is 11.4 Å². The lowest BCUT2D eigenvalue weighted by atomic mass is 10.1. The molecule has 0 aliphatic rings. The Morgan fingerprint density at radius 3 is 1.80 bits per heavy atom. The van der Waals surface area contributed by atoms with Gasteiger partial charge in [-0.1, -0.05) is 129 Å². The first-order valence-corrected chi connectivity index (χ1v) is 14.0. The normalized spacial score (nSPS) is 11.4. The van der Waals surface area contributed by atoms with E-state index in [2.05, 4.69) is 89.2 Å². The van der Waals surface area contributed by atoms with Gasteiger partial charge in [-0.25, -0.2) is 4.98 Å². The van der Waals surface area contributed by atoms with Crippen LogP contribution in [-0.2, 0) is 26.2 Å². The van der Waals surface area contributed by atoms with E-state index in [1.54, 1.807) is 12.1 Å². The van der Waals surface area contributed by atoms with Gasteiger partial charge in [0.25, 0.3) is 0 Å². The van der Waals surface area contributed by atoms with Crippen LogP contribution < -0.4 is 0 Å². The maximum absolute atomic E-state index is 9.56. The summed E-state index contributed by atoms with van der Waals surface area (Å²) in [6.07, 6.45) is 0.705. The molecule has 204 valence electrons. The summed E-state index contributed by atoms with van der Waals surface area (Å²) in [5.41, 5.74) is 7.32. The minimum atomic E-state index is -1.47. The molecule has 0 amide bonds. The Balaban J connectivity index is 1.58. The first kappa shape index (κ1) is 27.5. The highest BCUT2D eigenvalue weighted by Crippen LogP contribution is 2.32. The number of rotatable bonds is 12. The van der Waals surface area contributed by atoms with Crippen molar-refractivity contribution in [3.8, 4) is 22.6 Å². The summed E-state index contributed by atoms with van der Waals surface area (Å²) in [6.45, 7) is 5.33. The highest BCUT2D eigenvalue weighted by molar-refractivity contribution is 5.68. The topological polar surface area (TPSA) is 61.5 Å². The summed E-state index contributed by atoms with van der Waals surface area (Å²) >= 11 is 0. The van der Waals surface area contributed by atoms with Crippen LogP contribution in [0, 0.1) is 0 Å². The summed E-state index contributed by atoms with van der Waals surface area (Å²) < 4.78 is 2.42. The van der Waals surface area contributed by atoms with E-state index in [-0.39, 0.29) is 0 Å². The molecule has 0 unspecified atom stereocenters. The van der Waals surface area contributed by atoms with Crippen LogP contribution in [0.5, 0.6) is 0 Å². The average molecular weight is 532 g/mol. The van der Waals surface area contributed by atoms with Gasteiger partial charge in [-0.3, -0.25) is 4.90 Å². The molecule has 0 radical (unpaired) electrons. The number of aliphatic hydroxyl groups excluding tert-OH is 1. The molecule has 0 aliphatic heterocycles. The average Bonchev–Trinajstić information content (AvgIpc) is 3.35. The standard InChI is InChI=1S/C35H37N3O2/c1-2-3-23-38-32(33(29-15-9-5-10-16-29)36-34(38)30-17-11-6-12-18-30)26-37(24-27-13-7-4-8-14-27)25-28-19-21-31(22-20-28)35(39)40/h4-22,35,39-40H,2-3,23-26H2,1H3. The highest BCUT2D eigenvalue weighted by Gasteiger charge is 2.22. The smallest absolute Gasteiger partial charge is 0.178 e. The minimum absolute atomic E-state index is 0.495. The second-order valence-corrected chi connectivity index (χ2v) is 10.2. The molecule has 40 heavy (non-hydrogen) atoms. The van der Waals surface area contributed by atoms with Crippen LogP contribution in [-0.4, -0.2) is 24.7 Å². The van der Waals surface area contributed by atoms with E-state index >= 15 is 0 Å². The minimum Gasteiger partial charge on any atom is -0.364 e. The fourth-order valence-corrected chi connectivity index (χ4v) is 5.11. The van der Waals surface area contributed by atoms with Crippen molar-refractivity contribution in [2.45, 2.75) is 52.2 Å². The summed E-state index contributed by atoms with van der Waals surface area (Å²) in [6, 6.07) is 39.0. The Labute approximate surface area is 237 Å². The maximum Gasteiger partial charge on any atom is 0.178 e. The molecule has 0 saturated carbocycles. The number of hydrogen-bond donors (Lipinski definition) is 2. The van der Waals surface area contributed by atoms with E-state index in [1.165, 1.54) is 11.3 Å². The van der Waals surface area contributed by atoms with Crippen LogP contribution in [0.3, 0.4) is 0 Å². The third-order valence-corrected chi connectivity index (χ3v) is 7.19. The fraction of sp³-hybridized carbons (Fsp3) is 0.229. The predicted molar refractivity (Wildman–Crippen MR) is 161 cm³/mol. The molecule has 0 saturated heterocycles. The Morgan fingerprint density at radius 1 is 0.675 bits per heavy atom. The van der Waals surface area contributed by atoms with Crippen LogP contribution in [0.4, 0.5) is 0 Å². The first-order chi connectivity index (χ1) is 19.6. The maximum atomic E-state index is 9.56. The molecule has 4 aromatic carbocycles. The van der Waals surface area contributed by atoms with Crippen molar-refractivity contribution in [1.29, 1.82) is 0 Å². The Hall–Kier alpha value is -4.03. The molecule has 0 aliphatic carbocycles. The van der Waals surface area contributed by atoms with Crippen LogP contribution in [0.1, 0.15) is 48.4 Å². The molecule has 0 fully saturated rings. The molecule has 5 heteroatoms. The number of nitrogens with zero attached hydrogens (tertiary/aromatic N) is 3. The zero-order valence-electron chi connectivity index (χ0n) is 23.0. The van der Waals surface area contributed by atoms with Gasteiger partial charge in [-0.05, 0) is 17.5 Å². The van der Waals surface area contributed by atoms with Crippen LogP contribution in [0.15, 0.2) is 115 Å². The Bertz CT molecular complexity index is 1460. The van der Waals surface area contributed by atoms with E-state index in [0.29, 0.717) is 18.7 Å². The van der Waals surface area contributed by atoms with Gasteiger partial charge < -0.3 is 14.8 Å². The molecule has 5 aromatic rings. The van der Waals surface area contributed by atoms with Gasteiger partial charge in [0.15, 0.2) is 6.29 Å². The van der Waals surface area contributed by atoms with Crippen molar-refractivity contribution in [3.63, 3.8) is 0 Å². The zero-order chi connectivity index (χ0) is 27.7. The quantitative estimate of drug-likeness (QED) is 0.167. The number of unbranched alkanes of at least 4 members (excludes halogenated alkanes) is 1. The summed E-state index contributed by atoms with van der Waals surface area (Å²) in [4.78, 5) is 7.73. The van der Waals surface area contributed by atoms with Crippen molar-refractivity contribution in [1.82, 2.24) is 14.5 Å². The predicted octanol–water partition coefficient (Wildman–Crippen LogP) is 7.20. The van der Waals surface area contributed by atoms with Crippen molar-refractivity contribution in [3.05, 3.63) is 138 Å². The number of aromatic nitrogens is 2. The van der Waals surface area contributed by atoms with Gasteiger partial charge >= 0.3 is 0 Å². The third kappa shape index (κ3) is 6.75. The highest BCUT2D eigenvalue weighted by atomic mass is 16.5. The molecular weight excluding hydrogens is 494 g/mol. The Kier molecular flexibility index (Phi) is 9.19. The lowest BCUT2D eigenvalue weighted by Gasteiger charge is -2.25. The van der Waals surface area contributed by atoms with E-state index < -0.39 is 6.29 Å². The van der Waals surface area contributed by atoms with Crippen LogP contribution in [0.25, 0.3) is 22.6 Å². The number of imidazole rings is 1. The van der Waals surface area contributed by atoms with E-state index in [4.69, 9.17) is 4.98 Å². The van der Waals surface area contributed by atoms with Gasteiger partial charge in [0, 0.05) is 42.9 Å². The SMILES string of the molecule is CCCCn1c(-c2ccccc2)nc(-c2ccccc2)c1CN(Cc1ccccc1)Cc1ccc(C(O)O)cc1. The van der Waals surface area contributed by atoms with E-state index in [1.807, 2.05) is 30.3 Å². The largest absolute Gasteiger partial charge is 0.364 e. The molecule has 5 nitrogen and oxygen atoms in total. The van der Waals surface area contributed by atoms with Crippen molar-refractivity contribution in [2.24, 2.45) is 0 Å². The van der Waals surface area contributed by atoms with Crippen molar-refractivity contribution in [2.75, 3.05) is 0 Å². The fourth-order valence-electron chi connectivity index (χ4n) is 5.11. The van der Waals surface area contributed by atoms with Crippen LogP contribution >= 0.6 is 0 Å². The molecule has 1 heterocycles. The van der Waals surface area contributed by atoms with Gasteiger partial charge in [-0.2, -0.15) is 0 Å². The van der Waals surface area contributed by atoms with E-state index in [9.17, 15) is 10.2 Å². The molecule has 2 N–H and O–H groups in total. The van der Waals surface area contributed by atoms with Gasteiger partial charge in [0.1, 0.15) is 5.82 Å². The molecule has 1 aromatic heterocycles. The van der Waals surface area contributed by atoms with Gasteiger partial charge in [0.2, 0.25) is 0 Å². The summed E-state index contributed by atoms with van der Waals surface area (Å²) in [5.74, 6) is 1.00. The van der Waals surface area contributed by atoms with Crippen molar-refractivity contribution >= 4 is 0 Å². The van der Waals surface area contributed by atoms with E-state index in [0.717, 1.165) is 54.1 Å². The molecule has 0 spiro atoms. The van der Waals surface area contributed by atoms with Crippen molar-refractivity contribution < 1.29 is 10.2 Å². The summed E-state index contributed by atoms with van der Waals surface area (Å²) in [7, 11) is 0. The zero-order valence-corrected chi connectivity index (χ0v) is 23.0.